The Morgan fingerprint density at radius 3 is 2.62 bits per heavy atom. The summed E-state index contributed by atoms with van der Waals surface area (Å²) in [4.78, 5) is 4.29. The van der Waals surface area contributed by atoms with Crippen molar-refractivity contribution in [2.45, 2.75) is 13.5 Å². The predicted octanol–water partition coefficient (Wildman–Crippen LogP) is 4.28. The lowest BCUT2D eigenvalue weighted by molar-refractivity contribution is 0.243. The van der Waals surface area contributed by atoms with Crippen molar-refractivity contribution < 1.29 is 9.26 Å². The molecule has 3 aromatic rings. The standard InChI is InChI=1S/C16H13ClN2O2/c1-11-6-8-12(9-7-11)20-10-15-18-16(19-21-15)13-4-2-3-5-14(13)17/h2-9H,10H2,1H3. The molecule has 1 heterocycles. The van der Waals surface area contributed by atoms with E-state index >= 15 is 0 Å². The summed E-state index contributed by atoms with van der Waals surface area (Å²) in [5.41, 5.74) is 1.92. The number of aromatic nitrogens is 2. The van der Waals surface area contributed by atoms with E-state index in [-0.39, 0.29) is 6.61 Å². The summed E-state index contributed by atoms with van der Waals surface area (Å²) < 4.78 is 10.8. The van der Waals surface area contributed by atoms with Gasteiger partial charge in [-0.05, 0) is 31.2 Å². The number of rotatable bonds is 4. The van der Waals surface area contributed by atoms with Gasteiger partial charge in [-0.15, -0.1) is 0 Å². The Bertz CT molecular complexity index is 738. The van der Waals surface area contributed by atoms with Gasteiger partial charge >= 0.3 is 0 Å². The van der Waals surface area contributed by atoms with Gasteiger partial charge in [0.05, 0.1) is 5.02 Å². The summed E-state index contributed by atoms with van der Waals surface area (Å²) in [6.45, 7) is 2.25. The van der Waals surface area contributed by atoms with Crippen molar-refractivity contribution in [3.05, 3.63) is 65.0 Å². The monoisotopic (exact) mass is 300 g/mol. The van der Waals surface area contributed by atoms with Gasteiger partial charge in [0.1, 0.15) is 5.75 Å². The lowest BCUT2D eigenvalue weighted by Gasteiger charge is -2.02. The molecule has 0 N–H and O–H groups in total. The first-order valence-electron chi connectivity index (χ1n) is 6.49. The Morgan fingerprint density at radius 2 is 1.86 bits per heavy atom. The van der Waals surface area contributed by atoms with Crippen LogP contribution in [0.2, 0.25) is 5.02 Å². The Hall–Kier alpha value is -2.33. The van der Waals surface area contributed by atoms with Crippen LogP contribution in [-0.2, 0) is 6.61 Å². The van der Waals surface area contributed by atoms with Gasteiger partial charge in [-0.25, -0.2) is 0 Å². The van der Waals surface area contributed by atoms with Crippen molar-refractivity contribution in [3.8, 4) is 17.1 Å². The second kappa shape index (κ2) is 5.97. The maximum Gasteiger partial charge on any atom is 0.264 e. The van der Waals surface area contributed by atoms with E-state index in [2.05, 4.69) is 10.1 Å². The van der Waals surface area contributed by atoms with Crippen LogP contribution in [0.15, 0.2) is 53.1 Å². The van der Waals surface area contributed by atoms with Gasteiger partial charge in [-0.3, -0.25) is 0 Å². The van der Waals surface area contributed by atoms with Crippen LogP contribution in [0.25, 0.3) is 11.4 Å². The van der Waals surface area contributed by atoms with Crippen molar-refractivity contribution in [1.29, 1.82) is 0 Å². The van der Waals surface area contributed by atoms with Crippen molar-refractivity contribution in [2.24, 2.45) is 0 Å². The SMILES string of the molecule is Cc1ccc(OCc2nc(-c3ccccc3Cl)no2)cc1. The number of benzene rings is 2. The molecule has 0 spiro atoms. The molecule has 1 aromatic heterocycles. The average molecular weight is 301 g/mol. The summed E-state index contributed by atoms with van der Waals surface area (Å²) in [5, 5.41) is 4.51. The van der Waals surface area contributed by atoms with Crippen LogP contribution in [0.1, 0.15) is 11.5 Å². The number of ether oxygens (including phenoxy) is 1. The van der Waals surface area contributed by atoms with Crippen LogP contribution < -0.4 is 4.74 Å². The lowest BCUT2D eigenvalue weighted by atomic mass is 10.2. The zero-order valence-electron chi connectivity index (χ0n) is 11.4. The van der Waals surface area contributed by atoms with Crippen molar-refractivity contribution in [3.63, 3.8) is 0 Å². The molecule has 106 valence electrons. The fraction of sp³-hybridized carbons (Fsp3) is 0.125. The van der Waals surface area contributed by atoms with E-state index < -0.39 is 0 Å². The van der Waals surface area contributed by atoms with E-state index in [1.807, 2.05) is 49.4 Å². The molecule has 0 radical (unpaired) electrons. The number of nitrogens with zero attached hydrogens (tertiary/aromatic N) is 2. The molecule has 5 heteroatoms. The average Bonchev–Trinajstić information content (AvgIpc) is 2.96. The molecular weight excluding hydrogens is 288 g/mol. The molecule has 0 amide bonds. The Balaban J connectivity index is 1.71. The lowest BCUT2D eigenvalue weighted by Crippen LogP contribution is -1.95. The van der Waals surface area contributed by atoms with Crippen LogP contribution in [0.4, 0.5) is 0 Å². The van der Waals surface area contributed by atoms with Gasteiger partial charge in [0.15, 0.2) is 6.61 Å². The van der Waals surface area contributed by atoms with E-state index in [1.54, 1.807) is 6.07 Å². The molecule has 4 nitrogen and oxygen atoms in total. The summed E-state index contributed by atoms with van der Waals surface area (Å²) in [7, 11) is 0. The normalized spacial score (nSPS) is 10.6. The molecule has 0 unspecified atom stereocenters. The Morgan fingerprint density at radius 1 is 1.10 bits per heavy atom. The van der Waals surface area contributed by atoms with Gasteiger partial charge < -0.3 is 9.26 Å². The first-order chi connectivity index (χ1) is 10.2. The van der Waals surface area contributed by atoms with E-state index in [4.69, 9.17) is 20.9 Å². The zero-order valence-corrected chi connectivity index (χ0v) is 12.2. The van der Waals surface area contributed by atoms with Crippen molar-refractivity contribution in [1.82, 2.24) is 10.1 Å². The minimum Gasteiger partial charge on any atom is -0.484 e. The van der Waals surface area contributed by atoms with Crippen molar-refractivity contribution >= 4 is 11.6 Å². The molecule has 0 saturated heterocycles. The summed E-state index contributed by atoms with van der Waals surface area (Å²) in [5.74, 6) is 1.63. The molecule has 0 aliphatic heterocycles. The van der Waals surface area contributed by atoms with E-state index in [1.165, 1.54) is 5.56 Å². The van der Waals surface area contributed by atoms with Gasteiger partial charge in [0.25, 0.3) is 5.89 Å². The molecule has 0 fully saturated rings. The van der Waals surface area contributed by atoms with Gasteiger partial charge in [-0.1, -0.05) is 46.6 Å². The molecule has 0 atom stereocenters. The third kappa shape index (κ3) is 3.23. The number of hydrogen-bond acceptors (Lipinski definition) is 4. The van der Waals surface area contributed by atoms with E-state index in [0.29, 0.717) is 16.7 Å². The molecule has 21 heavy (non-hydrogen) atoms. The number of halogens is 1. The minimum absolute atomic E-state index is 0.223. The first kappa shape index (κ1) is 13.6. The summed E-state index contributed by atoms with van der Waals surface area (Å²) >= 11 is 6.10. The maximum absolute atomic E-state index is 6.10. The highest BCUT2D eigenvalue weighted by Crippen LogP contribution is 2.25. The quantitative estimate of drug-likeness (QED) is 0.721. The number of aryl methyl sites for hydroxylation is 1. The number of hydrogen-bond donors (Lipinski definition) is 0. The Labute approximate surface area is 127 Å². The second-order valence-corrected chi connectivity index (χ2v) is 5.00. The van der Waals surface area contributed by atoms with Crippen LogP contribution in [0.5, 0.6) is 5.75 Å². The van der Waals surface area contributed by atoms with Crippen LogP contribution in [0.3, 0.4) is 0 Å². The maximum atomic E-state index is 6.10. The summed E-state index contributed by atoms with van der Waals surface area (Å²) in [6, 6.07) is 15.1. The van der Waals surface area contributed by atoms with E-state index in [0.717, 1.165) is 11.3 Å². The smallest absolute Gasteiger partial charge is 0.264 e. The highest BCUT2D eigenvalue weighted by Gasteiger charge is 2.11. The van der Waals surface area contributed by atoms with Crippen LogP contribution in [0, 0.1) is 6.92 Å². The molecule has 2 aromatic carbocycles. The molecule has 3 rings (SSSR count). The first-order valence-corrected chi connectivity index (χ1v) is 6.87. The third-order valence-electron chi connectivity index (χ3n) is 2.97. The summed E-state index contributed by atoms with van der Waals surface area (Å²) in [6.07, 6.45) is 0. The van der Waals surface area contributed by atoms with Gasteiger partial charge in [-0.2, -0.15) is 4.98 Å². The minimum atomic E-state index is 0.223. The van der Waals surface area contributed by atoms with E-state index in [9.17, 15) is 0 Å². The molecule has 0 bridgehead atoms. The molecule has 0 saturated carbocycles. The van der Waals surface area contributed by atoms with Gasteiger partial charge in [0, 0.05) is 5.56 Å². The fourth-order valence-electron chi connectivity index (χ4n) is 1.85. The molecule has 0 aliphatic rings. The van der Waals surface area contributed by atoms with Crippen molar-refractivity contribution in [2.75, 3.05) is 0 Å². The molecular formula is C16H13ClN2O2. The fourth-order valence-corrected chi connectivity index (χ4v) is 2.07. The zero-order chi connectivity index (χ0) is 14.7. The second-order valence-electron chi connectivity index (χ2n) is 4.59. The van der Waals surface area contributed by atoms with Crippen LogP contribution in [-0.4, -0.2) is 10.1 Å². The third-order valence-corrected chi connectivity index (χ3v) is 3.30. The topological polar surface area (TPSA) is 48.2 Å². The highest BCUT2D eigenvalue weighted by molar-refractivity contribution is 6.33. The van der Waals surface area contributed by atoms with Crippen LogP contribution >= 0.6 is 11.6 Å². The molecule has 0 aliphatic carbocycles. The highest BCUT2D eigenvalue weighted by atomic mass is 35.5. The van der Waals surface area contributed by atoms with Gasteiger partial charge in [0.2, 0.25) is 5.82 Å². The largest absolute Gasteiger partial charge is 0.484 e. The Kier molecular flexibility index (Phi) is 3.88. The predicted molar refractivity (Wildman–Crippen MR) is 80.3 cm³/mol.